The average molecular weight is 344 g/mol. The highest BCUT2D eigenvalue weighted by molar-refractivity contribution is 7.13. The Labute approximate surface area is 143 Å². The fourth-order valence-corrected chi connectivity index (χ4v) is 3.16. The lowest BCUT2D eigenvalue weighted by atomic mass is 10.2. The fourth-order valence-electron chi connectivity index (χ4n) is 2.09. The van der Waals surface area contributed by atoms with Crippen LogP contribution < -0.4 is 5.32 Å². The second-order valence-electron chi connectivity index (χ2n) is 4.86. The molecule has 0 aliphatic carbocycles. The van der Waals surface area contributed by atoms with Gasteiger partial charge in [-0.2, -0.15) is 0 Å². The predicted octanol–water partition coefficient (Wildman–Crippen LogP) is 3.83. The Morgan fingerprint density at radius 3 is 2.78 bits per heavy atom. The molecule has 0 radical (unpaired) electrons. The van der Waals surface area contributed by atoms with Gasteiger partial charge in [0.05, 0.1) is 11.3 Å². The number of thiazole rings is 1. The first-order valence-corrected chi connectivity index (χ1v) is 8.38. The van der Waals surface area contributed by atoms with E-state index in [-0.39, 0.29) is 11.1 Å². The van der Waals surface area contributed by atoms with Crippen LogP contribution in [0.4, 0.5) is 0 Å². The molecule has 0 atom stereocenters. The Morgan fingerprint density at radius 1 is 1.17 bits per heavy atom. The Bertz CT molecular complexity index is 804. The van der Waals surface area contributed by atoms with Crippen molar-refractivity contribution in [1.82, 2.24) is 15.3 Å². The first kappa shape index (κ1) is 15.6. The normalized spacial score (nSPS) is 10.5. The fraction of sp³-hybridized carbons (Fsp3) is 0.118. The van der Waals surface area contributed by atoms with E-state index in [9.17, 15) is 4.79 Å². The summed E-state index contributed by atoms with van der Waals surface area (Å²) in [6.45, 7) is 0.502. The maximum atomic E-state index is 12.0. The van der Waals surface area contributed by atoms with Crippen LogP contribution in [0.1, 0.15) is 16.1 Å². The smallest absolute Gasteiger partial charge is 0.254 e. The lowest BCUT2D eigenvalue weighted by Gasteiger charge is -2.04. The van der Waals surface area contributed by atoms with E-state index in [0.717, 1.165) is 16.3 Å². The SMILES string of the molecule is O=C(NCCc1csc(-c2ccccc2)n1)c1cccnc1Cl. The molecule has 3 rings (SSSR count). The minimum absolute atomic E-state index is 0.213. The number of carbonyl (C=O) groups is 1. The molecule has 4 nitrogen and oxygen atoms in total. The molecule has 1 aromatic carbocycles. The maximum absolute atomic E-state index is 12.0. The van der Waals surface area contributed by atoms with Crippen molar-refractivity contribution in [3.8, 4) is 10.6 Å². The molecule has 0 saturated carbocycles. The number of hydrogen-bond acceptors (Lipinski definition) is 4. The number of nitrogens with one attached hydrogen (secondary N) is 1. The van der Waals surface area contributed by atoms with E-state index in [4.69, 9.17) is 11.6 Å². The summed E-state index contributed by atoms with van der Waals surface area (Å²) in [7, 11) is 0. The van der Waals surface area contributed by atoms with Gasteiger partial charge in [-0.05, 0) is 12.1 Å². The van der Waals surface area contributed by atoms with Crippen molar-refractivity contribution in [2.24, 2.45) is 0 Å². The zero-order chi connectivity index (χ0) is 16.1. The van der Waals surface area contributed by atoms with Gasteiger partial charge in [0, 0.05) is 30.1 Å². The molecule has 3 aromatic rings. The lowest BCUT2D eigenvalue weighted by molar-refractivity contribution is 0.0954. The molecule has 2 aromatic heterocycles. The molecule has 23 heavy (non-hydrogen) atoms. The summed E-state index contributed by atoms with van der Waals surface area (Å²) in [5, 5.41) is 6.06. The van der Waals surface area contributed by atoms with Crippen LogP contribution in [0.5, 0.6) is 0 Å². The third-order valence-electron chi connectivity index (χ3n) is 3.24. The Balaban J connectivity index is 1.56. The van der Waals surface area contributed by atoms with Gasteiger partial charge in [-0.3, -0.25) is 4.79 Å². The predicted molar refractivity (Wildman–Crippen MR) is 92.8 cm³/mol. The molecule has 1 N–H and O–H groups in total. The highest BCUT2D eigenvalue weighted by Crippen LogP contribution is 2.23. The molecule has 0 unspecified atom stereocenters. The lowest BCUT2D eigenvalue weighted by Crippen LogP contribution is -2.26. The number of amides is 1. The van der Waals surface area contributed by atoms with E-state index in [1.807, 2.05) is 35.7 Å². The second-order valence-corrected chi connectivity index (χ2v) is 6.07. The van der Waals surface area contributed by atoms with Gasteiger partial charge in [0.15, 0.2) is 0 Å². The highest BCUT2D eigenvalue weighted by atomic mass is 35.5. The van der Waals surface area contributed by atoms with Crippen LogP contribution in [0.3, 0.4) is 0 Å². The molecule has 0 fully saturated rings. The van der Waals surface area contributed by atoms with Gasteiger partial charge in [0.25, 0.3) is 5.91 Å². The first-order valence-electron chi connectivity index (χ1n) is 7.12. The largest absolute Gasteiger partial charge is 0.352 e. The molecular weight excluding hydrogens is 330 g/mol. The molecule has 0 saturated heterocycles. The molecule has 0 aliphatic rings. The van der Waals surface area contributed by atoms with E-state index in [0.29, 0.717) is 18.5 Å². The van der Waals surface area contributed by atoms with E-state index in [1.165, 1.54) is 0 Å². The van der Waals surface area contributed by atoms with Crippen LogP contribution in [0.2, 0.25) is 5.15 Å². The van der Waals surface area contributed by atoms with Gasteiger partial charge in [0.1, 0.15) is 10.2 Å². The van der Waals surface area contributed by atoms with E-state index in [2.05, 4.69) is 15.3 Å². The number of carbonyl (C=O) groups excluding carboxylic acids is 1. The zero-order valence-corrected chi connectivity index (χ0v) is 13.8. The first-order chi connectivity index (χ1) is 11.2. The number of nitrogens with zero attached hydrogens (tertiary/aromatic N) is 2. The number of hydrogen-bond donors (Lipinski definition) is 1. The Hall–Kier alpha value is -2.24. The highest BCUT2D eigenvalue weighted by Gasteiger charge is 2.10. The van der Waals surface area contributed by atoms with Gasteiger partial charge in [-0.25, -0.2) is 9.97 Å². The molecule has 6 heteroatoms. The second kappa shape index (κ2) is 7.35. The zero-order valence-electron chi connectivity index (χ0n) is 12.2. The van der Waals surface area contributed by atoms with Crippen molar-refractivity contribution in [3.63, 3.8) is 0 Å². The topological polar surface area (TPSA) is 54.9 Å². The monoisotopic (exact) mass is 343 g/mol. The third-order valence-corrected chi connectivity index (χ3v) is 4.48. The summed E-state index contributed by atoms with van der Waals surface area (Å²) >= 11 is 7.51. The summed E-state index contributed by atoms with van der Waals surface area (Å²) in [6, 6.07) is 13.4. The van der Waals surface area contributed by atoms with E-state index >= 15 is 0 Å². The van der Waals surface area contributed by atoms with Crippen LogP contribution >= 0.6 is 22.9 Å². The number of pyridine rings is 1. The Kier molecular flexibility index (Phi) is 5.00. The van der Waals surface area contributed by atoms with Gasteiger partial charge >= 0.3 is 0 Å². The molecular formula is C17H14ClN3OS. The molecule has 116 valence electrons. The molecule has 2 heterocycles. The minimum atomic E-state index is -0.221. The van der Waals surface area contributed by atoms with Gasteiger partial charge in [-0.15, -0.1) is 11.3 Å². The minimum Gasteiger partial charge on any atom is -0.352 e. The average Bonchev–Trinajstić information content (AvgIpc) is 3.05. The summed E-state index contributed by atoms with van der Waals surface area (Å²) in [4.78, 5) is 20.5. The number of aromatic nitrogens is 2. The van der Waals surface area contributed by atoms with Gasteiger partial charge in [-0.1, -0.05) is 41.9 Å². The van der Waals surface area contributed by atoms with Crippen molar-refractivity contribution in [2.45, 2.75) is 6.42 Å². The van der Waals surface area contributed by atoms with Gasteiger partial charge < -0.3 is 5.32 Å². The van der Waals surface area contributed by atoms with E-state index in [1.54, 1.807) is 29.7 Å². The summed E-state index contributed by atoms with van der Waals surface area (Å²) in [6.07, 6.45) is 2.23. The standard InChI is InChI=1S/C17H14ClN3OS/c18-15-14(7-4-9-19-15)16(22)20-10-8-13-11-23-17(21-13)12-5-2-1-3-6-12/h1-7,9,11H,8,10H2,(H,20,22). The van der Waals surface area contributed by atoms with Crippen LogP contribution in [-0.2, 0) is 6.42 Å². The number of halogens is 1. The van der Waals surface area contributed by atoms with Gasteiger partial charge in [0.2, 0.25) is 0 Å². The molecule has 0 spiro atoms. The number of rotatable bonds is 5. The van der Waals surface area contributed by atoms with Crippen molar-refractivity contribution in [3.05, 3.63) is 70.5 Å². The third kappa shape index (κ3) is 3.94. The van der Waals surface area contributed by atoms with Crippen LogP contribution in [0.25, 0.3) is 10.6 Å². The van der Waals surface area contributed by atoms with Crippen LogP contribution in [-0.4, -0.2) is 22.4 Å². The quantitative estimate of drug-likeness (QED) is 0.716. The Morgan fingerprint density at radius 2 is 2.00 bits per heavy atom. The van der Waals surface area contributed by atoms with Crippen molar-refractivity contribution in [2.75, 3.05) is 6.54 Å². The van der Waals surface area contributed by atoms with Crippen molar-refractivity contribution >= 4 is 28.8 Å². The molecule has 0 bridgehead atoms. The maximum Gasteiger partial charge on any atom is 0.254 e. The van der Waals surface area contributed by atoms with E-state index < -0.39 is 0 Å². The van der Waals surface area contributed by atoms with Crippen molar-refractivity contribution in [1.29, 1.82) is 0 Å². The van der Waals surface area contributed by atoms with Crippen LogP contribution in [0, 0.1) is 0 Å². The summed E-state index contributed by atoms with van der Waals surface area (Å²) < 4.78 is 0. The van der Waals surface area contributed by atoms with Crippen molar-refractivity contribution < 1.29 is 4.79 Å². The van der Waals surface area contributed by atoms with Crippen LogP contribution in [0.15, 0.2) is 54.0 Å². The summed E-state index contributed by atoms with van der Waals surface area (Å²) in [5.41, 5.74) is 2.46. The molecule has 0 aliphatic heterocycles. The number of benzene rings is 1. The summed E-state index contributed by atoms with van der Waals surface area (Å²) in [5.74, 6) is -0.221. The molecule has 1 amide bonds.